The largest absolute Gasteiger partial charge is 0.492 e. The van der Waals surface area contributed by atoms with Gasteiger partial charge in [0, 0.05) is 4.90 Å². The van der Waals surface area contributed by atoms with Crippen LogP contribution in [0, 0.1) is 5.92 Å². The second kappa shape index (κ2) is 5.45. The molecular formula is C13H16O3S. The second-order valence-electron chi connectivity index (χ2n) is 4.12. The van der Waals surface area contributed by atoms with Gasteiger partial charge in [0.15, 0.2) is 0 Å². The van der Waals surface area contributed by atoms with Crippen LogP contribution in [0.4, 0.5) is 0 Å². The summed E-state index contributed by atoms with van der Waals surface area (Å²) in [6.07, 6.45) is 2.40. The van der Waals surface area contributed by atoms with Crippen LogP contribution >= 0.6 is 11.8 Å². The van der Waals surface area contributed by atoms with Gasteiger partial charge in [-0.15, -0.1) is 11.8 Å². The lowest BCUT2D eigenvalue weighted by Gasteiger charge is -2.11. The fourth-order valence-corrected chi connectivity index (χ4v) is 2.43. The zero-order chi connectivity index (χ0) is 12.3. The molecule has 1 aliphatic carbocycles. The summed E-state index contributed by atoms with van der Waals surface area (Å²) < 4.78 is 5.62. The minimum absolute atomic E-state index is 0.306. The predicted octanol–water partition coefficient (Wildman–Crippen LogP) is 3.29. The van der Waals surface area contributed by atoms with Crippen molar-refractivity contribution >= 4 is 17.7 Å². The van der Waals surface area contributed by atoms with Gasteiger partial charge < -0.3 is 9.84 Å². The molecule has 0 saturated heterocycles. The van der Waals surface area contributed by atoms with Crippen LogP contribution in [0.3, 0.4) is 0 Å². The number of ether oxygens (including phenoxy) is 1. The van der Waals surface area contributed by atoms with Gasteiger partial charge in [0.2, 0.25) is 0 Å². The summed E-state index contributed by atoms with van der Waals surface area (Å²) in [5.41, 5.74) is 0.306. The lowest BCUT2D eigenvalue weighted by Crippen LogP contribution is -2.07. The molecule has 1 saturated carbocycles. The normalized spacial score (nSPS) is 14.6. The lowest BCUT2D eigenvalue weighted by atomic mass is 10.2. The minimum atomic E-state index is -0.910. The first-order valence-corrected chi connectivity index (χ1v) is 6.82. The summed E-state index contributed by atoms with van der Waals surface area (Å²) in [5, 5.41) is 9.26. The third-order valence-electron chi connectivity index (χ3n) is 2.67. The Balaban J connectivity index is 2.21. The smallest absolute Gasteiger partial charge is 0.340 e. The number of carbonyl (C=O) groups is 1. The van der Waals surface area contributed by atoms with Gasteiger partial charge in [0.25, 0.3) is 0 Å². The standard InChI is InChI=1S/C13H16O3S/c1-2-17-11-5-3-4-10(12(11)13(14)15)16-8-9-6-7-9/h3-5,9H,2,6-8H2,1H3,(H,14,15). The van der Waals surface area contributed by atoms with Crippen LogP contribution in [0.5, 0.6) is 5.75 Å². The van der Waals surface area contributed by atoms with Gasteiger partial charge in [-0.2, -0.15) is 0 Å². The molecule has 1 aliphatic rings. The summed E-state index contributed by atoms with van der Waals surface area (Å²) in [7, 11) is 0. The van der Waals surface area contributed by atoms with Crippen LogP contribution in [0.15, 0.2) is 23.1 Å². The number of rotatable bonds is 6. The maximum absolute atomic E-state index is 11.3. The number of carboxylic acids is 1. The Bertz CT molecular complexity index is 413. The average Bonchev–Trinajstić information content (AvgIpc) is 3.10. The van der Waals surface area contributed by atoms with E-state index in [1.807, 2.05) is 19.1 Å². The van der Waals surface area contributed by atoms with Crippen molar-refractivity contribution in [1.29, 1.82) is 0 Å². The van der Waals surface area contributed by atoms with Crippen molar-refractivity contribution in [3.05, 3.63) is 23.8 Å². The molecule has 1 aromatic rings. The molecule has 2 rings (SSSR count). The third kappa shape index (κ3) is 3.16. The molecule has 1 aromatic carbocycles. The van der Waals surface area contributed by atoms with Gasteiger partial charge in [-0.05, 0) is 36.6 Å². The maximum atomic E-state index is 11.3. The summed E-state index contributed by atoms with van der Waals surface area (Å²) in [4.78, 5) is 12.1. The first kappa shape index (κ1) is 12.3. The van der Waals surface area contributed by atoms with Gasteiger partial charge in [-0.25, -0.2) is 4.79 Å². The molecular weight excluding hydrogens is 236 g/mol. The van der Waals surface area contributed by atoms with E-state index in [9.17, 15) is 9.90 Å². The van der Waals surface area contributed by atoms with Crippen LogP contribution < -0.4 is 4.74 Å². The average molecular weight is 252 g/mol. The Morgan fingerprint density at radius 1 is 1.53 bits per heavy atom. The molecule has 1 N–H and O–H groups in total. The second-order valence-corrected chi connectivity index (χ2v) is 5.43. The molecule has 0 aromatic heterocycles. The maximum Gasteiger partial charge on any atom is 0.340 e. The fourth-order valence-electron chi connectivity index (χ4n) is 1.61. The fraction of sp³-hybridized carbons (Fsp3) is 0.462. The molecule has 0 atom stereocenters. The van der Waals surface area contributed by atoms with Crippen molar-refractivity contribution in [1.82, 2.24) is 0 Å². The molecule has 0 aliphatic heterocycles. The zero-order valence-corrected chi connectivity index (χ0v) is 10.6. The molecule has 0 unspecified atom stereocenters. The number of thioether (sulfide) groups is 1. The van der Waals surface area contributed by atoms with Crippen molar-refractivity contribution in [2.24, 2.45) is 5.92 Å². The number of hydrogen-bond acceptors (Lipinski definition) is 3. The Labute approximate surface area is 105 Å². The zero-order valence-electron chi connectivity index (χ0n) is 9.81. The Morgan fingerprint density at radius 2 is 2.29 bits per heavy atom. The van der Waals surface area contributed by atoms with E-state index in [0.717, 1.165) is 10.6 Å². The molecule has 0 amide bonds. The van der Waals surface area contributed by atoms with Crippen LogP contribution in [0.1, 0.15) is 30.1 Å². The number of hydrogen-bond donors (Lipinski definition) is 1. The highest BCUT2D eigenvalue weighted by atomic mass is 32.2. The van der Waals surface area contributed by atoms with Gasteiger partial charge in [-0.1, -0.05) is 13.0 Å². The highest BCUT2D eigenvalue weighted by Crippen LogP contribution is 2.33. The van der Waals surface area contributed by atoms with E-state index in [2.05, 4.69) is 0 Å². The van der Waals surface area contributed by atoms with Crippen molar-refractivity contribution in [3.8, 4) is 5.75 Å². The lowest BCUT2D eigenvalue weighted by molar-refractivity contribution is 0.0688. The van der Waals surface area contributed by atoms with Crippen LogP contribution in [-0.4, -0.2) is 23.4 Å². The van der Waals surface area contributed by atoms with Gasteiger partial charge in [-0.3, -0.25) is 0 Å². The molecule has 0 spiro atoms. The third-order valence-corrected chi connectivity index (χ3v) is 3.61. The van der Waals surface area contributed by atoms with E-state index in [1.165, 1.54) is 24.6 Å². The quantitative estimate of drug-likeness (QED) is 0.789. The Morgan fingerprint density at radius 3 is 2.88 bits per heavy atom. The monoisotopic (exact) mass is 252 g/mol. The molecule has 1 fully saturated rings. The van der Waals surface area contributed by atoms with Crippen LogP contribution in [0.2, 0.25) is 0 Å². The van der Waals surface area contributed by atoms with E-state index in [4.69, 9.17) is 4.74 Å². The van der Waals surface area contributed by atoms with Gasteiger partial charge >= 0.3 is 5.97 Å². The minimum Gasteiger partial charge on any atom is -0.492 e. The Hall–Kier alpha value is -1.16. The Kier molecular flexibility index (Phi) is 3.94. The first-order valence-electron chi connectivity index (χ1n) is 5.84. The number of aromatic carboxylic acids is 1. The van der Waals surface area contributed by atoms with Crippen LogP contribution in [0.25, 0.3) is 0 Å². The highest BCUT2D eigenvalue weighted by Gasteiger charge is 2.23. The van der Waals surface area contributed by atoms with E-state index < -0.39 is 5.97 Å². The molecule has 3 nitrogen and oxygen atoms in total. The van der Waals surface area contributed by atoms with Crippen LogP contribution in [-0.2, 0) is 0 Å². The van der Waals surface area contributed by atoms with E-state index in [-0.39, 0.29) is 0 Å². The predicted molar refractivity (Wildman–Crippen MR) is 68.0 cm³/mol. The highest BCUT2D eigenvalue weighted by molar-refractivity contribution is 7.99. The molecule has 92 valence electrons. The molecule has 0 heterocycles. The molecule has 17 heavy (non-hydrogen) atoms. The van der Waals surface area contributed by atoms with Gasteiger partial charge in [0.05, 0.1) is 6.61 Å². The van der Waals surface area contributed by atoms with Crippen molar-refractivity contribution in [2.75, 3.05) is 12.4 Å². The SMILES string of the molecule is CCSc1cccc(OCC2CC2)c1C(=O)O. The van der Waals surface area contributed by atoms with E-state index in [1.54, 1.807) is 6.07 Å². The van der Waals surface area contributed by atoms with Gasteiger partial charge in [0.1, 0.15) is 11.3 Å². The number of benzene rings is 1. The first-order chi connectivity index (χ1) is 8.22. The molecule has 0 bridgehead atoms. The summed E-state index contributed by atoms with van der Waals surface area (Å²) in [5.74, 6) is 1.07. The van der Waals surface area contributed by atoms with Crippen molar-refractivity contribution in [2.45, 2.75) is 24.7 Å². The topological polar surface area (TPSA) is 46.5 Å². The van der Waals surface area contributed by atoms with E-state index in [0.29, 0.717) is 23.8 Å². The summed E-state index contributed by atoms with van der Waals surface area (Å²) >= 11 is 1.53. The number of carboxylic acid groups (broad SMARTS) is 1. The molecule has 4 heteroatoms. The summed E-state index contributed by atoms with van der Waals surface area (Å²) in [6, 6.07) is 5.43. The van der Waals surface area contributed by atoms with Crippen molar-refractivity contribution < 1.29 is 14.6 Å². The summed E-state index contributed by atoms with van der Waals surface area (Å²) in [6.45, 7) is 2.65. The van der Waals surface area contributed by atoms with E-state index >= 15 is 0 Å². The van der Waals surface area contributed by atoms with Crippen molar-refractivity contribution in [3.63, 3.8) is 0 Å². The molecule has 0 radical (unpaired) electrons.